The van der Waals surface area contributed by atoms with Crippen LogP contribution in [0.4, 0.5) is 17.2 Å². The van der Waals surface area contributed by atoms with E-state index in [2.05, 4.69) is 15.6 Å². The van der Waals surface area contributed by atoms with Crippen LogP contribution < -0.4 is 10.6 Å². The van der Waals surface area contributed by atoms with Crippen LogP contribution in [0.5, 0.6) is 0 Å². The SMILES string of the molecule is CCOC(=O)c1ccc(NC(=O)c2ccc(Nc3ccccc3Cl)nc2)cc1. The number of para-hydroxylation sites is 1. The van der Waals surface area contributed by atoms with Gasteiger partial charge in [-0.2, -0.15) is 0 Å². The molecule has 0 unspecified atom stereocenters. The van der Waals surface area contributed by atoms with E-state index in [0.29, 0.717) is 34.3 Å². The molecular formula is C21H18ClN3O3. The fourth-order valence-corrected chi connectivity index (χ4v) is 2.59. The zero-order valence-corrected chi connectivity index (χ0v) is 15.9. The van der Waals surface area contributed by atoms with Crippen LogP contribution in [0, 0.1) is 0 Å². The van der Waals surface area contributed by atoms with E-state index in [9.17, 15) is 9.59 Å². The lowest BCUT2D eigenvalue weighted by molar-refractivity contribution is 0.0526. The molecule has 1 heterocycles. The van der Waals surface area contributed by atoms with Gasteiger partial charge in [0.25, 0.3) is 5.91 Å². The van der Waals surface area contributed by atoms with Crippen molar-refractivity contribution in [3.05, 3.63) is 83.0 Å². The van der Waals surface area contributed by atoms with Crippen LogP contribution in [0.3, 0.4) is 0 Å². The molecule has 7 heteroatoms. The summed E-state index contributed by atoms with van der Waals surface area (Å²) in [7, 11) is 0. The molecule has 2 N–H and O–H groups in total. The van der Waals surface area contributed by atoms with Crippen molar-refractivity contribution in [1.29, 1.82) is 0 Å². The number of hydrogen-bond donors (Lipinski definition) is 2. The Hall–Kier alpha value is -3.38. The molecule has 0 saturated heterocycles. The predicted molar refractivity (Wildman–Crippen MR) is 109 cm³/mol. The van der Waals surface area contributed by atoms with Crippen LogP contribution in [-0.4, -0.2) is 23.5 Å². The van der Waals surface area contributed by atoms with E-state index >= 15 is 0 Å². The summed E-state index contributed by atoms with van der Waals surface area (Å²) in [5.41, 5.74) is 2.13. The number of pyridine rings is 1. The topological polar surface area (TPSA) is 80.3 Å². The van der Waals surface area contributed by atoms with Gasteiger partial charge in [0, 0.05) is 11.9 Å². The molecule has 0 fully saturated rings. The van der Waals surface area contributed by atoms with Crippen molar-refractivity contribution in [2.24, 2.45) is 0 Å². The van der Waals surface area contributed by atoms with Crippen molar-refractivity contribution in [2.45, 2.75) is 6.92 Å². The summed E-state index contributed by atoms with van der Waals surface area (Å²) < 4.78 is 4.93. The van der Waals surface area contributed by atoms with E-state index < -0.39 is 5.97 Å². The molecule has 0 saturated carbocycles. The van der Waals surface area contributed by atoms with Crippen molar-refractivity contribution in [1.82, 2.24) is 4.98 Å². The van der Waals surface area contributed by atoms with E-state index in [0.717, 1.165) is 5.69 Å². The first-order valence-electron chi connectivity index (χ1n) is 8.63. The van der Waals surface area contributed by atoms with E-state index in [1.165, 1.54) is 6.20 Å². The number of hydrogen-bond acceptors (Lipinski definition) is 5. The zero-order chi connectivity index (χ0) is 19.9. The maximum Gasteiger partial charge on any atom is 0.338 e. The first kappa shape index (κ1) is 19.4. The molecular weight excluding hydrogens is 378 g/mol. The van der Waals surface area contributed by atoms with Gasteiger partial charge in [0.1, 0.15) is 5.82 Å². The monoisotopic (exact) mass is 395 g/mol. The van der Waals surface area contributed by atoms with Crippen LogP contribution in [0.25, 0.3) is 0 Å². The summed E-state index contributed by atoms with van der Waals surface area (Å²) in [5, 5.41) is 6.44. The largest absolute Gasteiger partial charge is 0.462 e. The van der Waals surface area contributed by atoms with E-state index in [1.54, 1.807) is 49.4 Å². The number of aromatic nitrogens is 1. The Bertz CT molecular complexity index is 973. The quantitative estimate of drug-likeness (QED) is 0.580. The number of esters is 1. The van der Waals surface area contributed by atoms with Crippen LogP contribution in [0.1, 0.15) is 27.6 Å². The highest BCUT2D eigenvalue weighted by Gasteiger charge is 2.09. The summed E-state index contributed by atoms with van der Waals surface area (Å²) in [4.78, 5) is 28.3. The van der Waals surface area contributed by atoms with Crippen molar-refractivity contribution in [3.8, 4) is 0 Å². The minimum Gasteiger partial charge on any atom is -0.462 e. The van der Waals surface area contributed by atoms with Gasteiger partial charge in [0.2, 0.25) is 0 Å². The van der Waals surface area contributed by atoms with Gasteiger partial charge in [-0.1, -0.05) is 23.7 Å². The Morgan fingerprint density at radius 3 is 2.36 bits per heavy atom. The number of benzene rings is 2. The second-order valence-corrected chi connectivity index (χ2v) is 6.20. The highest BCUT2D eigenvalue weighted by atomic mass is 35.5. The number of ether oxygens (including phenoxy) is 1. The highest BCUT2D eigenvalue weighted by molar-refractivity contribution is 6.33. The molecule has 0 spiro atoms. The normalized spacial score (nSPS) is 10.2. The van der Waals surface area contributed by atoms with Gasteiger partial charge in [-0.3, -0.25) is 4.79 Å². The van der Waals surface area contributed by atoms with Gasteiger partial charge in [-0.05, 0) is 55.5 Å². The number of halogens is 1. The van der Waals surface area contributed by atoms with E-state index in [4.69, 9.17) is 16.3 Å². The van der Waals surface area contributed by atoms with Crippen LogP contribution in [0.15, 0.2) is 66.9 Å². The van der Waals surface area contributed by atoms with Crippen molar-refractivity contribution in [3.63, 3.8) is 0 Å². The molecule has 0 bridgehead atoms. The van der Waals surface area contributed by atoms with Crippen LogP contribution in [0.2, 0.25) is 5.02 Å². The second kappa shape index (κ2) is 9.01. The summed E-state index contributed by atoms with van der Waals surface area (Å²) in [6.07, 6.45) is 1.47. The molecule has 0 aliphatic heterocycles. The first-order valence-corrected chi connectivity index (χ1v) is 9.00. The van der Waals surface area contributed by atoms with Gasteiger partial charge < -0.3 is 15.4 Å². The molecule has 142 valence electrons. The lowest BCUT2D eigenvalue weighted by atomic mass is 10.2. The van der Waals surface area contributed by atoms with Crippen LogP contribution >= 0.6 is 11.6 Å². The van der Waals surface area contributed by atoms with Crippen molar-refractivity contribution < 1.29 is 14.3 Å². The minimum absolute atomic E-state index is 0.305. The Kier molecular flexibility index (Phi) is 6.24. The van der Waals surface area contributed by atoms with E-state index in [1.807, 2.05) is 18.2 Å². The molecule has 1 amide bonds. The number of rotatable bonds is 6. The standard InChI is InChI=1S/C21H18ClN3O3/c1-2-28-21(27)14-7-10-16(11-8-14)24-20(26)15-9-12-19(23-13-15)25-18-6-4-3-5-17(18)22/h3-13H,2H2,1H3,(H,23,25)(H,24,26). The Labute approximate surface area is 167 Å². The Balaban J connectivity index is 1.63. The third kappa shape index (κ3) is 4.86. The third-order valence-corrected chi connectivity index (χ3v) is 4.15. The molecule has 0 radical (unpaired) electrons. The number of carbonyl (C=O) groups is 2. The smallest absolute Gasteiger partial charge is 0.338 e. The Morgan fingerprint density at radius 1 is 1.00 bits per heavy atom. The molecule has 1 aromatic heterocycles. The van der Waals surface area contributed by atoms with Crippen LogP contribution in [-0.2, 0) is 4.74 Å². The number of nitrogens with zero attached hydrogens (tertiary/aromatic N) is 1. The summed E-state index contributed by atoms with van der Waals surface area (Å²) >= 11 is 6.11. The Morgan fingerprint density at radius 2 is 1.71 bits per heavy atom. The number of anilines is 3. The van der Waals surface area contributed by atoms with Gasteiger partial charge in [-0.15, -0.1) is 0 Å². The average molecular weight is 396 g/mol. The number of carbonyl (C=O) groups excluding carboxylic acids is 2. The molecule has 3 rings (SSSR count). The molecule has 2 aromatic carbocycles. The second-order valence-electron chi connectivity index (χ2n) is 5.79. The van der Waals surface area contributed by atoms with Crippen molar-refractivity contribution >= 4 is 40.7 Å². The van der Waals surface area contributed by atoms with Crippen molar-refractivity contribution in [2.75, 3.05) is 17.2 Å². The van der Waals surface area contributed by atoms with E-state index in [-0.39, 0.29) is 5.91 Å². The lowest BCUT2D eigenvalue weighted by Gasteiger charge is -2.09. The molecule has 0 aliphatic carbocycles. The molecule has 0 atom stereocenters. The maximum absolute atomic E-state index is 12.4. The molecule has 6 nitrogen and oxygen atoms in total. The zero-order valence-electron chi connectivity index (χ0n) is 15.1. The minimum atomic E-state index is -0.397. The molecule has 0 aliphatic rings. The van der Waals surface area contributed by atoms with Gasteiger partial charge in [-0.25, -0.2) is 9.78 Å². The number of amides is 1. The number of nitrogens with one attached hydrogen (secondary N) is 2. The fraction of sp³-hybridized carbons (Fsp3) is 0.0952. The maximum atomic E-state index is 12.4. The summed E-state index contributed by atoms with van der Waals surface area (Å²) in [6, 6.07) is 17.2. The molecule has 28 heavy (non-hydrogen) atoms. The highest BCUT2D eigenvalue weighted by Crippen LogP contribution is 2.24. The van der Waals surface area contributed by atoms with Gasteiger partial charge in [0.15, 0.2) is 0 Å². The first-order chi connectivity index (χ1) is 13.6. The van der Waals surface area contributed by atoms with Gasteiger partial charge in [0.05, 0.1) is 28.4 Å². The summed E-state index contributed by atoms with van der Waals surface area (Å²) in [5.74, 6) is -0.129. The van der Waals surface area contributed by atoms with Gasteiger partial charge >= 0.3 is 5.97 Å². The molecule has 3 aromatic rings. The predicted octanol–water partition coefficient (Wildman–Crippen LogP) is 4.91. The average Bonchev–Trinajstić information content (AvgIpc) is 2.71. The third-order valence-electron chi connectivity index (χ3n) is 3.82. The fourth-order valence-electron chi connectivity index (χ4n) is 2.41. The summed E-state index contributed by atoms with van der Waals surface area (Å²) in [6.45, 7) is 2.06. The lowest BCUT2D eigenvalue weighted by Crippen LogP contribution is -2.12.